The molecule has 84 valence electrons. The van der Waals surface area contributed by atoms with E-state index in [2.05, 4.69) is 0 Å². The number of nitrogens with two attached hydrogens (primary N) is 1. The standard InChI is InChI=1S/C10H12FNO2.BrH/c1-6(12)9(13)7-4-3-5-8(11)10(7)14-2;/h3-6H,12H2,1-2H3;1H. The van der Waals surface area contributed by atoms with Gasteiger partial charge in [-0.1, -0.05) is 6.07 Å². The van der Waals surface area contributed by atoms with Gasteiger partial charge in [0, 0.05) is 0 Å². The summed E-state index contributed by atoms with van der Waals surface area (Å²) in [6, 6.07) is 3.52. The highest BCUT2D eigenvalue weighted by atomic mass is 79.9. The third-order valence-electron chi connectivity index (χ3n) is 1.85. The first kappa shape index (κ1) is 14.1. The zero-order valence-corrected chi connectivity index (χ0v) is 10.2. The lowest BCUT2D eigenvalue weighted by molar-refractivity contribution is 0.0964. The van der Waals surface area contributed by atoms with Gasteiger partial charge in [-0.15, -0.1) is 17.0 Å². The Bertz CT molecular complexity index is 355. The van der Waals surface area contributed by atoms with Gasteiger partial charge in [-0.05, 0) is 19.1 Å². The fraction of sp³-hybridized carbons (Fsp3) is 0.300. The number of halogens is 2. The normalized spacial score (nSPS) is 11.5. The zero-order chi connectivity index (χ0) is 10.7. The molecule has 1 aromatic carbocycles. The molecule has 0 bridgehead atoms. The minimum absolute atomic E-state index is 0. The number of Topliss-reactive ketones (excluding diaryl/α,β-unsaturated/α-hetero) is 1. The lowest BCUT2D eigenvalue weighted by atomic mass is 10.0. The number of ether oxygens (including phenoxy) is 1. The second-order valence-corrected chi connectivity index (χ2v) is 2.97. The molecule has 0 saturated carbocycles. The number of rotatable bonds is 3. The van der Waals surface area contributed by atoms with E-state index in [0.717, 1.165) is 0 Å². The Labute approximate surface area is 98.2 Å². The maximum Gasteiger partial charge on any atom is 0.183 e. The van der Waals surface area contributed by atoms with Crippen LogP contribution < -0.4 is 10.5 Å². The first-order valence-corrected chi connectivity index (χ1v) is 4.20. The maximum atomic E-state index is 13.2. The molecule has 1 rings (SSSR count). The molecule has 0 heterocycles. The number of para-hydroxylation sites is 1. The fourth-order valence-corrected chi connectivity index (χ4v) is 1.16. The molecular weight excluding hydrogens is 265 g/mol. The first-order chi connectivity index (χ1) is 6.57. The van der Waals surface area contributed by atoms with E-state index in [0.29, 0.717) is 0 Å². The maximum absolute atomic E-state index is 13.2. The van der Waals surface area contributed by atoms with Gasteiger partial charge >= 0.3 is 0 Å². The van der Waals surface area contributed by atoms with Gasteiger partial charge in [-0.25, -0.2) is 4.39 Å². The van der Waals surface area contributed by atoms with Crippen LogP contribution in [0.3, 0.4) is 0 Å². The van der Waals surface area contributed by atoms with Crippen molar-refractivity contribution in [2.24, 2.45) is 5.73 Å². The predicted molar refractivity (Wildman–Crippen MR) is 61.3 cm³/mol. The largest absolute Gasteiger partial charge is 0.493 e. The molecule has 0 aliphatic rings. The van der Waals surface area contributed by atoms with Crippen LogP contribution in [0.4, 0.5) is 4.39 Å². The summed E-state index contributed by atoms with van der Waals surface area (Å²) in [5.41, 5.74) is 5.60. The lowest BCUT2D eigenvalue weighted by Gasteiger charge is -2.09. The van der Waals surface area contributed by atoms with E-state index in [9.17, 15) is 9.18 Å². The fourth-order valence-electron chi connectivity index (χ4n) is 1.16. The van der Waals surface area contributed by atoms with Crippen LogP contribution in [0, 0.1) is 5.82 Å². The molecule has 0 aromatic heterocycles. The number of hydrogen-bond donors (Lipinski definition) is 1. The predicted octanol–water partition coefficient (Wildman–Crippen LogP) is 1.94. The Balaban J connectivity index is 0.00000196. The van der Waals surface area contributed by atoms with E-state index in [4.69, 9.17) is 10.5 Å². The quantitative estimate of drug-likeness (QED) is 0.860. The Morgan fingerprint density at radius 1 is 1.53 bits per heavy atom. The van der Waals surface area contributed by atoms with E-state index >= 15 is 0 Å². The van der Waals surface area contributed by atoms with Gasteiger partial charge < -0.3 is 10.5 Å². The number of ketones is 1. The van der Waals surface area contributed by atoms with Gasteiger partial charge in [-0.3, -0.25) is 4.79 Å². The van der Waals surface area contributed by atoms with Crippen LogP contribution in [-0.2, 0) is 0 Å². The number of benzene rings is 1. The third-order valence-corrected chi connectivity index (χ3v) is 1.85. The Morgan fingerprint density at radius 3 is 2.60 bits per heavy atom. The van der Waals surface area contributed by atoms with Crippen LogP contribution in [-0.4, -0.2) is 18.9 Å². The van der Waals surface area contributed by atoms with Crippen molar-refractivity contribution in [1.29, 1.82) is 0 Å². The van der Waals surface area contributed by atoms with Gasteiger partial charge in [0.05, 0.1) is 18.7 Å². The third kappa shape index (κ3) is 3.00. The number of methoxy groups -OCH3 is 1. The van der Waals surface area contributed by atoms with E-state index < -0.39 is 11.9 Å². The monoisotopic (exact) mass is 277 g/mol. The summed E-state index contributed by atoms with van der Waals surface area (Å²) in [4.78, 5) is 11.5. The molecule has 0 radical (unpaired) electrons. The molecule has 0 aliphatic heterocycles. The van der Waals surface area contributed by atoms with E-state index in [-0.39, 0.29) is 34.1 Å². The van der Waals surface area contributed by atoms with Crippen molar-refractivity contribution in [1.82, 2.24) is 0 Å². The first-order valence-electron chi connectivity index (χ1n) is 4.20. The number of carbonyl (C=O) groups is 1. The van der Waals surface area contributed by atoms with Crippen molar-refractivity contribution < 1.29 is 13.9 Å². The summed E-state index contributed by atoms with van der Waals surface area (Å²) < 4.78 is 18.0. The highest BCUT2D eigenvalue weighted by molar-refractivity contribution is 8.93. The zero-order valence-electron chi connectivity index (χ0n) is 8.49. The number of carbonyl (C=O) groups excluding carboxylic acids is 1. The molecule has 5 heteroatoms. The van der Waals surface area contributed by atoms with Crippen LogP contribution in [0.5, 0.6) is 5.75 Å². The summed E-state index contributed by atoms with van der Waals surface area (Å²) in [6.45, 7) is 1.55. The van der Waals surface area contributed by atoms with E-state index in [1.807, 2.05) is 0 Å². The average molecular weight is 278 g/mol. The van der Waals surface area contributed by atoms with Gasteiger partial charge in [0.25, 0.3) is 0 Å². The molecular formula is C10H13BrFNO2. The molecule has 15 heavy (non-hydrogen) atoms. The highest BCUT2D eigenvalue weighted by Crippen LogP contribution is 2.22. The molecule has 0 fully saturated rings. The molecule has 3 nitrogen and oxygen atoms in total. The van der Waals surface area contributed by atoms with Gasteiger partial charge in [0.1, 0.15) is 0 Å². The Kier molecular flexibility index (Phi) is 5.46. The molecule has 0 saturated heterocycles. The van der Waals surface area contributed by atoms with Crippen LogP contribution in [0.25, 0.3) is 0 Å². The molecule has 2 N–H and O–H groups in total. The Morgan fingerprint density at radius 2 is 2.13 bits per heavy atom. The highest BCUT2D eigenvalue weighted by Gasteiger charge is 2.18. The van der Waals surface area contributed by atoms with Crippen LogP contribution in [0.2, 0.25) is 0 Å². The topological polar surface area (TPSA) is 52.3 Å². The molecule has 1 atom stereocenters. The van der Waals surface area contributed by atoms with Crippen molar-refractivity contribution in [2.45, 2.75) is 13.0 Å². The van der Waals surface area contributed by atoms with Crippen molar-refractivity contribution in [3.8, 4) is 5.75 Å². The lowest BCUT2D eigenvalue weighted by Crippen LogP contribution is -2.27. The minimum Gasteiger partial charge on any atom is -0.493 e. The summed E-state index contributed by atoms with van der Waals surface area (Å²) >= 11 is 0. The summed E-state index contributed by atoms with van der Waals surface area (Å²) in [5, 5.41) is 0. The second kappa shape index (κ2) is 5.82. The van der Waals surface area contributed by atoms with Gasteiger partial charge in [0.2, 0.25) is 0 Å². The van der Waals surface area contributed by atoms with Crippen molar-refractivity contribution in [2.75, 3.05) is 7.11 Å². The summed E-state index contributed by atoms with van der Waals surface area (Å²) in [6.07, 6.45) is 0. The van der Waals surface area contributed by atoms with Gasteiger partial charge in [0.15, 0.2) is 17.3 Å². The van der Waals surface area contributed by atoms with Crippen molar-refractivity contribution >= 4 is 22.8 Å². The Hall–Kier alpha value is -0.940. The van der Waals surface area contributed by atoms with Crippen molar-refractivity contribution in [3.63, 3.8) is 0 Å². The van der Waals surface area contributed by atoms with E-state index in [1.54, 1.807) is 6.92 Å². The second-order valence-electron chi connectivity index (χ2n) is 2.97. The average Bonchev–Trinajstić information content (AvgIpc) is 2.16. The summed E-state index contributed by atoms with van der Waals surface area (Å²) in [5.74, 6) is -0.935. The van der Waals surface area contributed by atoms with Crippen molar-refractivity contribution in [3.05, 3.63) is 29.6 Å². The summed E-state index contributed by atoms with van der Waals surface area (Å²) in [7, 11) is 1.32. The molecule has 1 unspecified atom stereocenters. The minimum atomic E-state index is -0.661. The molecule has 1 aromatic rings. The molecule has 0 spiro atoms. The number of hydrogen-bond acceptors (Lipinski definition) is 3. The molecule has 0 aliphatic carbocycles. The smallest absolute Gasteiger partial charge is 0.183 e. The van der Waals surface area contributed by atoms with Crippen LogP contribution >= 0.6 is 17.0 Å². The van der Waals surface area contributed by atoms with Crippen LogP contribution in [0.15, 0.2) is 18.2 Å². The molecule has 0 amide bonds. The van der Waals surface area contributed by atoms with Gasteiger partial charge in [-0.2, -0.15) is 0 Å². The SMILES string of the molecule is Br.COc1c(F)cccc1C(=O)C(C)N. The van der Waals surface area contributed by atoms with E-state index in [1.165, 1.54) is 25.3 Å². The van der Waals surface area contributed by atoms with Crippen LogP contribution in [0.1, 0.15) is 17.3 Å².